The van der Waals surface area contributed by atoms with Crippen molar-refractivity contribution in [2.24, 2.45) is 28.1 Å². The number of carbonyl (C=O) groups is 1. The monoisotopic (exact) mass is 582 g/mol. The van der Waals surface area contributed by atoms with Gasteiger partial charge in [-0.2, -0.15) is 8.42 Å². The van der Waals surface area contributed by atoms with E-state index in [0.29, 0.717) is 18.4 Å². The molecule has 6 rings (SSSR count). The van der Waals surface area contributed by atoms with Gasteiger partial charge in [0, 0.05) is 24.6 Å². The number of rotatable bonds is 6. The van der Waals surface area contributed by atoms with Gasteiger partial charge in [0.2, 0.25) is 10.0 Å². The van der Waals surface area contributed by atoms with Gasteiger partial charge in [0.15, 0.2) is 5.84 Å². The summed E-state index contributed by atoms with van der Waals surface area (Å²) in [6.07, 6.45) is 9.62. The Balaban J connectivity index is 1.39. The van der Waals surface area contributed by atoms with Crippen molar-refractivity contribution < 1.29 is 26.7 Å². The van der Waals surface area contributed by atoms with E-state index in [1.165, 1.54) is 6.42 Å². The summed E-state index contributed by atoms with van der Waals surface area (Å²) >= 11 is 1.10. The van der Waals surface area contributed by atoms with Gasteiger partial charge < -0.3 is 15.3 Å². The summed E-state index contributed by atoms with van der Waals surface area (Å²) in [5, 5.41) is 16.4. The van der Waals surface area contributed by atoms with Crippen LogP contribution in [-0.4, -0.2) is 56.9 Å². The highest BCUT2D eigenvalue weighted by molar-refractivity contribution is 7.91. The first-order chi connectivity index (χ1) is 17.9. The molecule has 0 spiro atoms. The number of fused-ring (bicyclic) bond motifs is 6. The Kier molecular flexibility index (Phi) is 6.25. The molecule has 208 valence electrons. The molecule has 10 nitrogen and oxygen atoms in total. The Hall–Kier alpha value is -1.96. The van der Waals surface area contributed by atoms with Crippen LogP contribution in [0.1, 0.15) is 63.9 Å². The van der Waals surface area contributed by atoms with E-state index >= 15 is 0 Å². The fraction of sp³-hybridized carbons (Fsp3) is 0.680. The van der Waals surface area contributed by atoms with Crippen LogP contribution in [0.15, 0.2) is 26.0 Å². The van der Waals surface area contributed by atoms with Gasteiger partial charge in [-0.3, -0.25) is 4.79 Å². The number of anilines is 1. The van der Waals surface area contributed by atoms with Crippen molar-refractivity contribution in [2.45, 2.75) is 75.3 Å². The summed E-state index contributed by atoms with van der Waals surface area (Å²) in [6, 6.07) is 0. The molecule has 3 saturated carbocycles. The predicted molar refractivity (Wildman–Crippen MR) is 145 cm³/mol. The summed E-state index contributed by atoms with van der Waals surface area (Å²) in [6.45, 7) is 2.53. The molecule has 13 heteroatoms. The number of aliphatic hydroxyl groups is 1. The number of nitrogens with zero attached hydrogens (tertiary/aromatic N) is 2. The van der Waals surface area contributed by atoms with Crippen LogP contribution in [-0.2, 0) is 31.4 Å². The second-order valence-corrected chi connectivity index (χ2v) is 16.0. The Morgan fingerprint density at radius 3 is 2.68 bits per heavy atom. The lowest BCUT2D eigenvalue weighted by molar-refractivity contribution is -0.141. The molecule has 38 heavy (non-hydrogen) atoms. The van der Waals surface area contributed by atoms with Crippen LogP contribution in [0.5, 0.6) is 0 Å². The van der Waals surface area contributed by atoms with E-state index in [-0.39, 0.29) is 56.9 Å². The predicted octanol–water partition coefficient (Wildman–Crippen LogP) is 3.35. The van der Waals surface area contributed by atoms with Gasteiger partial charge in [0.05, 0.1) is 11.8 Å². The second kappa shape index (κ2) is 9.03. The summed E-state index contributed by atoms with van der Waals surface area (Å²) in [5.74, 6) is 0.141. The zero-order chi connectivity index (χ0) is 27.0. The molecule has 4 atom stereocenters. The zero-order valence-corrected chi connectivity index (χ0v) is 24.0. The van der Waals surface area contributed by atoms with Crippen molar-refractivity contribution in [3.63, 3.8) is 0 Å². The lowest BCUT2D eigenvalue weighted by atomic mass is 9.68. The first kappa shape index (κ1) is 26.3. The molecule has 5 aliphatic rings. The van der Waals surface area contributed by atoms with Crippen LogP contribution in [0.4, 0.5) is 5.00 Å². The average Bonchev–Trinajstić information content (AvgIpc) is 3.55. The molecule has 0 unspecified atom stereocenters. The summed E-state index contributed by atoms with van der Waals surface area (Å²) < 4.78 is 56.1. The van der Waals surface area contributed by atoms with Crippen molar-refractivity contribution >= 4 is 48.1 Å². The molecule has 1 aromatic heterocycles. The third-order valence-electron chi connectivity index (χ3n) is 9.44. The first-order valence-corrected chi connectivity index (χ1v) is 17.5. The van der Waals surface area contributed by atoms with Crippen LogP contribution in [0.2, 0.25) is 0 Å². The van der Waals surface area contributed by atoms with Crippen LogP contribution < -0.4 is 10.0 Å². The number of aliphatic hydroxyl groups excluding tert-OH is 1. The number of sulfonamides is 2. The van der Waals surface area contributed by atoms with E-state index < -0.39 is 25.6 Å². The molecule has 3 N–H and O–H groups in total. The van der Waals surface area contributed by atoms with Crippen LogP contribution in [0.25, 0.3) is 0 Å². The number of amides is 1. The van der Waals surface area contributed by atoms with Crippen molar-refractivity contribution in [1.29, 1.82) is 0 Å². The highest BCUT2D eigenvalue weighted by atomic mass is 32.2. The summed E-state index contributed by atoms with van der Waals surface area (Å²) in [4.78, 5) is 16.0. The Labute approximate surface area is 227 Å². The molecule has 1 aromatic rings. The highest BCUT2D eigenvalue weighted by Gasteiger charge is 2.64. The normalized spacial score (nSPS) is 32.7. The smallest absolute Gasteiger partial charge is 0.287 e. The molecule has 2 bridgehead atoms. The van der Waals surface area contributed by atoms with Gasteiger partial charge in [-0.05, 0) is 62.2 Å². The quantitative estimate of drug-likeness (QED) is 0.466. The lowest BCUT2D eigenvalue weighted by Crippen LogP contribution is -2.63. The first-order valence-electron chi connectivity index (χ1n) is 13.3. The molecule has 0 aromatic carbocycles. The van der Waals surface area contributed by atoms with E-state index in [1.807, 2.05) is 4.90 Å². The van der Waals surface area contributed by atoms with Crippen LogP contribution >= 0.6 is 11.3 Å². The summed E-state index contributed by atoms with van der Waals surface area (Å²) in [5.41, 5.74) is -0.259. The highest BCUT2D eigenvalue weighted by Crippen LogP contribution is 2.61. The molecule has 2 aliphatic heterocycles. The molecule has 3 heterocycles. The van der Waals surface area contributed by atoms with Gasteiger partial charge in [-0.1, -0.05) is 19.3 Å². The number of hydrogen-bond donors (Lipinski definition) is 3. The zero-order valence-electron chi connectivity index (χ0n) is 21.6. The maximum Gasteiger partial charge on any atom is 0.287 e. The molecule has 3 aliphatic carbocycles. The van der Waals surface area contributed by atoms with E-state index in [0.717, 1.165) is 62.5 Å². The second-order valence-electron chi connectivity index (χ2n) is 11.7. The average molecular weight is 583 g/mol. The maximum absolute atomic E-state index is 14.2. The Bertz CT molecular complexity index is 1460. The molecule has 0 saturated heterocycles. The van der Waals surface area contributed by atoms with Gasteiger partial charge in [-0.15, -0.1) is 15.7 Å². The third kappa shape index (κ3) is 4.11. The minimum Gasteiger partial charge on any atom is -0.511 e. The fourth-order valence-corrected chi connectivity index (χ4v) is 10.7. The fourth-order valence-electron chi connectivity index (χ4n) is 7.71. The number of carbonyl (C=O) groups excluding carboxylic acids is 1. The number of nitrogens with one attached hydrogen (secondary N) is 2. The van der Waals surface area contributed by atoms with Crippen molar-refractivity contribution in [3.8, 4) is 0 Å². The molecule has 1 amide bonds. The summed E-state index contributed by atoms with van der Waals surface area (Å²) in [7, 11) is -7.78. The number of hydrogen-bond acceptors (Lipinski definition) is 8. The molecular weight excluding hydrogens is 548 g/mol. The van der Waals surface area contributed by atoms with Crippen molar-refractivity contribution in [3.05, 3.63) is 22.3 Å². The minimum atomic E-state index is -4.25. The number of amidine groups is 1. The Morgan fingerprint density at radius 2 is 1.97 bits per heavy atom. The number of thiophene rings is 1. The van der Waals surface area contributed by atoms with Crippen LogP contribution in [0, 0.1) is 23.7 Å². The van der Waals surface area contributed by atoms with Gasteiger partial charge in [0.25, 0.3) is 15.9 Å². The van der Waals surface area contributed by atoms with E-state index in [9.17, 15) is 26.7 Å². The van der Waals surface area contributed by atoms with Crippen LogP contribution in [0.3, 0.4) is 0 Å². The molecule has 0 radical (unpaired) electrons. The largest absolute Gasteiger partial charge is 0.511 e. The molecule has 3 fully saturated rings. The lowest BCUT2D eigenvalue weighted by Gasteiger charge is -2.53. The standard InChI is InChI=1S/C25H34N4O6S3/c1-25-17-9-8-15(10-17)19(25)20(30)18(24(31)29(25)12-14-6-4-3-5-7-14)22-27-23-21(38(34,35)28-22)16(13-36-23)11-26-37(2,32)33/h13-15,17,19,26,30H,3-12H2,1-2H3,(H,27,28)/t15-,17+,19-,25-/m0/s1. The van der Waals surface area contributed by atoms with E-state index in [2.05, 4.69) is 21.4 Å². The topological polar surface area (TPSA) is 145 Å². The van der Waals surface area contributed by atoms with Gasteiger partial charge in [-0.25, -0.2) is 13.1 Å². The van der Waals surface area contributed by atoms with E-state index in [4.69, 9.17) is 0 Å². The minimum absolute atomic E-state index is 0.0470. The van der Waals surface area contributed by atoms with E-state index in [1.54, 1.807) is 5.38 Å². The van der Waals surface area contributed by atoms with Crippen molar-refractivity contribution in [2.75, 3.05) is 18.1 Å². The molecular formula is C25H34N4O6S3. The van der Waals surface area contributed by atoms with Crippen molar-refractivity contribution in [1.82, 2.24) is 9.62 Å². The van der Waals surface area contributed by atoms with Gasteiger partial charge in [0.1, 0.15) is 21.2 Å². The van der Waals surface area contributed by atoms with Gasteiger partial charge >= 0.3 is 0 Å². The maximum atomic E-state index is 14.2. The third-order valence-corrected chi connectivity index (χ3v) is 12.6. The SMILES string of the molecule is C[C@]12[C@@H]3CC[C@@H](C3)[C@H]1C(O)=C(C1=NS(=O)(=O)c3c(CNS(C)(=O)=O)csc3N1)C(=O)N2CC1CCCCC1. The Morgan fingerprint density at radius 1 is 1.24 bits per heavy atom.